The summed E-state index contributed by atoms with van der Waals surface area (Å²) in [7, 11) is 0. The third-order valence-corrected chi connectivity index (χ3v) is 19.0. The summed E-state index contributed by atoms with van der Waals surface area (Å²) in [5.41, 5.74) is 22.5. The summed E-state index contributed by atoms with van der Waals surface area (Å²) in [6.07, 6.45) is 0. The Balaban J connectivity index is 0.959. The molecule has 13 aromatic rings. The second kappa shape index (κ2) is 12.0. The third-order valence-electron chi connectivity index (χ3n) is 19.0. The lowest BCUT2D eigenvalue weighted by Crippen LogP contribution is -2.61. The number of ketones is 2. The van der Waals surface area contributed by atoms with Gasteiger partial charge in [-0.15, -0.1) is 0 Å². The van der Waals surface area contributed by atoms with Crippen LogP contribution in [0.3, 0.4) is 0 Å². The fraction of sp³-hybridized carbons (Fsp3) is 0.0882. The quantitative estimate of drug-likeness (QED) is 0.174. The van der Waals surface area contributed by atoms with Crippen molar-refractivity contribution >= 4 is 71.6 Å². The number of furan rings is 1. The molecule has 0 aliphatic heterocycles. The number of carbonyl (C=O) groups excluding carboxylic acids is 2. The molecule has 0 bridgehead atoms. The molecule has 0 amide bonds. The van der Waals surface area contributed by atoms with E-state index in [1.54, 1.807) is 0 Å². The summed E-state index contributed by atoms with van der Waals surface area (Å²) in [4.78, 5) is 31.0. The number of fused-ring (bicyclic) bond motifs is 21. The molecule has 0 saturated heterocycles. The molecule has 6 aliphatic carbocycles. The highest BCUT2D eigenvalue weighted by Crippen LogP contribution is 2.75. The van der Waals surface area contributed by atoms with Crippen LogP contribution in [0.5, 0.6) is 0 Å². The van der Waals surface area contributed by atoms with Crippen LogP contribution < -0.4 is 0 Å². The fourth-order valence-corrected chi connectivity index (χ4v) is 16.6. The molecule has 0 N–H and O–H groups in total. The molecule has 332 valence electrons. The van der Waals surface area contributed by atoms with Crippen LogP contribution in [-0.2, 0) is 10.8 Å². The van der Waals surface area contributed by atoms with Crippen molar-refractivity contribution in [3.05, 3.63) is 267 Å². The van der Waals surface area contributed by atoms with Gasteiger partial charge in [-0.2, -0.15) is 0 Å². The Morgan fingerprint density at radius 2 is 0.833 bits per heavy atom. The molecule has 0 fully saturated rings. The maximum Gasteiger partial charge on any atom is 0.171 e. The van der Waals surface area contributed by atoms with Crippen molar-refractivity contribution in [2.45, 2.75) is 34.5 Å². The maximum atomic E-state index is 15.5. The van der Waals surface area contributed by atoms with Gasteiger partial charge in [-0.25, -0.2) is 0 Å². The van der Waals surface area contributed by atoms with Gasteiger partial charge in [-0.1, -0.05) is 152 Å². The van der Waals surface area contributed by atoms with E-state index in [-0.39, 0.29) is 46.1 Å². The van der Waals surface area contributed by atoms with Gasteiger partial charge in [0.15, 0.2) is 11.6 Å². The Bertz CT molecular complexity index is 4560. The smallest absolute Gasteiger partial charge is 0.171 e. The molecule has 0 radical (unpaired) electrons. The van der Waals surface area contributed by atoms with E-state index < -0.39 is 0 Å². The summed E-state index contributed by atoms with van der Waals surface area (Å²) in [6.45, 7) is 0. The standard InChI is InChI=1S/C68H37NO3/c70-65-48-32-54-42(30-44(48)60-37-16-4-9-21-50(37)67(60)52-23-11-6-18-39(52)62(65)67)46-28-35(58-36(34-14-2-1-3-15-34)26-27-57-59(58)41-20-8-13-25-56(41)72-57)29-47-43-31-45-49(33-55(43)69(54)64(46)47)66(71)63-40-19-7-12-24-53(40)68(63)51-22-10-5-17-38(51)61(45)68/h1-33,60-63H. The van der Waals surface area contributed by atoms with Crippen LogP contribution in [0.2, 0.25) is 0 Å². The lowest BCUT2D eigenvalue weighted by atomic mass is 9.36. The summed E-state index contributed by atoms with van der Waals surface area (Å²) in [5, 5.41) is 6.66. The van der Waals surface area contributed by atoms with E-state index in [9.17, 15) is 0 Å². The van der Waals surface area contributed by atoms with Gasteiger partial charge in [0.2, 0.25) is 0 Å². The van der Waals surface area contributed by atoms with E-state index in [1.807, 2.05) is 6.07 Å². The minimum atomic E-state index is -0.374. The molecular weight excluding hydrogens is 879 g/mol. The Morgan fingerprint density at radius 1 is 0.361 bits per heavy atom. The van der Waals surface area contributed by atoms with Crippen LogP contribution in [0.4, 0.5) is 0 Å². The number of nitrogens with zero attached hydrogens (tertiary/aromatic N) is 1. The molecule has 6 aliphatic rings. The molecule has 4 heteroatoms. The molecule has 19 rings (SSSR count). The average molecular weight is 916 g/mol. The van der Waals surface area contributed by atoms with E-state index in [2.05, 4.69) is 199 Å². The van der Waals surface area contributed by atoms with Crippen molar-refractivity contribution in [1.82, 2.24) is 4.40 Å². The first-order valence-corrected chi connectivity index (χ1v) is 25.4. The van der Waals surface area contributed by atoms with Gasteiger partial charge in [0.05, 0.1) is 28.4 Å². The molecule has 3 heterocycles. The van der Waals surface area contributed by atoms with E-state index >= 15 is 9.59 Å². The molecule has 3 aromatic heterocycles. The lowest BCUT2D eigenvalue weighted by Gasteiger charge is -2.64. The van der Waals surface area contributed by atoms with Gasteiger partial charge < -0.3 is 8.82 Å². The number of para-hydroxylation sites is 1. The van der Waals surface area contributed by atoms with Crippen molar-refractivity contribution < 1.29 is 14.0 Å². The van der Waals surface area contributed by atoms with Gasteiger partial charge in [0.25, 0.3) is 0 Å². The van der Waals surface area contributed by atoms with E-state index in [0.717, 1.165) is 116 Å². The minimum absolute atomic E-state index is 0.0540. The monoisotopic (exact) mass is 915 g/mol. The van der Waals surface area contributed by atoms with Gasteiger partial charge in [-0.3, -0.25) is 9.59 Å². The molecule has 2 spiro atoms. The van der Waals surface area contributed by atoms with Crippen LogP contribution in [-0.4, -0.2) is 16.0 Å². The molecule has 4 nitrogen and oxygen atoms in total. The number of rotatable bonds is 2. The second-order valence-electron chi connectivity index (χ2n) is 21.5. The Kier molecular flexibility index (Phi) is 6.17. The molecule has 72 heavy (non-hydrogen) atoms. The van der Waals surface area contributed by atoms with Gasteiger partial charge in [0, 0.05) is 71.7 Å². The van der Waals surface area contributed by atoms with Crippen LogP contribution in [0, 0.1) is 0 Å². The highest BCUT2D eigenvalue weighted by molar-refractivity contribution is 6.28. The van der Waals surface area contributed by atoms with E-state index in [0.29, 0.717) is 0 Å². The summed E-state index contributed by atoms with van der Waals surface area (Å²) in [5.74, 6) is 0.0285. The van der Waals surface area contributed by atoms with Crippen molar-refractivity contribution in [3.8, 4) is 22.3 Å². The topological polar surface area (TPSA) is 51.7 Å². The van der Waals surface area contributed by atoms with E-state index in [4.69, 9.17) is 4.42 Å². The van der Waals surface area contributed by atoms with Crippen LogP contribution in [0.15, 0.2) is 205 Å². The van der Waals surface area contributed by atoms with Gasteiger partial charge >= 0.3 is 0 Å². The number of aromatic nitrogens is 1. The van der Waals surface area contributed by atoms with Crippen molar-refractivity contribution in [1.29, 1.82) is 0 Å². The number of Topliss-reactive ketones (excluding diaryl/α,β-unsaturated/α-hetero) is 2. The summed E-state index contributed by atoms with van der Waals surface area (Å²) >= 11 is 0. The number of carbonyl (C=O) groups is 2. The van der Waals surface area contributed by atoms with Crippen molar-refractivity contribution in [2.24, 2.45) is 0 Å². The average Bonchev–Trinajstić information content (AvgIpc) is 4.05. The third kappa shape index (κ3) is 3.74. The van der Waals surface area contributed by atoms with Gasteiger partial charge in [0.1, 0.15) is 11.2 Å². The zero-order chi connectivity index (χ0) is 46.7. The molecule has 10 aromatic carbocycles. The minimum Gasteiger partial charge on any atom is -0.456 e. The first-order chi connectivity index (χ1) is 35.6. The summed E-state index contributed by atoms with van der Waals surface area (Å²) < 4.78 is 9.06. The highest BCUT2D eigenvalue weighted by Gasteiger charge is 2.70. The number of hydrogen-bond donors (Lipinski definition) is 0. The zero-order valence-electron chi connectivity index (χ0n) is 38.5. The first-order valence-electron chi connectivity index (χ1n) is 25.4. The Hall–Kier alpha value is -8.86. The van der Waals surface area contributed by atoms with Crippen LogP contribution in [0.25, 0.3) is 82.3 Å². The summed E-state index contributed by atoms with van der Waals surface area (Å²) in [6, 6.07) is 72.5. The molecule has 0 saturated carbocycles. The maximum absolute atomic E-state index is 15.5. The molecular formula is C68H37NO3. The molecule has 6 unspecified atom stereocenters. The van der Waals surface area contributed by atoms with Crippen LogP contribution in [0.1, 0.15) is 100 Å². The SMILES string of the molecule is O=C1c2cc3c(cc2C2c4ccccc4C24c2ccccc2C14)c1cc(-c2c(-c4ccccc4)ccc4oc5ccccc5c24)cc2c4cc5c(cc4n3c12)C(=O)C1c2ccccc2C12c1ccccc1C52. The van der Waals surface area contributed by atoms with Crippen LogP contribution >= 0.6 is 0 Å². The number of benzene rings is 10. The number of hydrogen-bond acceptors (Lipinski definition) is 3. The van der Waals surface area contributed by atoms with E-state index in [1.165, 1.54) is 33.4 Å². The zero-order valence-corrected chi connectivity index (χ0v) is 38.5. The Labute approximate surface area is 411 Å². The van der Waals surface area contributed by atoms with Crippen molar-refractivity contribution in [2.75, 3.05) is 0 Å². The first kappa shape index (κ1) is 37.0. The Morgan fingerprint density at radius 3 is 1.38 bits per heavy atom. The fourth-order valence-electron chi connectivity index (χ4n) is 16.6. The predicted octanol–water partition coefficient (Wildman–Crippen LogP) is 15.5. The van der Waals surface area contributed by atoms with Gasteiger partial charge in [-0.05, 0) is 121 Å². The largest absolute Gasteiger partial charge is 0.456 e. The predicted molar refractivity (Wildman–Crippen MR) is 284 cm³/mol. The molecule has 6 atom stereocenters. The lowest BCUT2D eigenvalue weighted by molar-refractivity contribution is 0.0839. The highest BCUT2D eigenvalue weighted by atomic mass is 16.3. The second-order valence-corrected chi connectivity index (χ2v) is 21.5. The van der Waals surface area contributed by atoms with Crippen molar-refractivity contribution in [3.63, 3.8) is 0 Å². The normalized spacial score (nSPS) is 23.2.